The Morgan fingerprint density at radius 2 is 1.90 bits per heavy atom. The van der Waals surface area contributed by atoms with Gasteiger partial charge < -0.3 is 10.1 Å². The quantitative estimate of drug-likeness (QED) is 0.569. The molecule has 1 unspecified atom stereocenters. The maximum absolute atomic E-state index is 13.0. The lowest BCUT2D eigenvalue weighted by Crippen LogP contribution is -2.50. The highest BCUT2D eigenvalue weighted by atomic mass is 16.6. The molecule has 0 aliphatic carbocycles. The molecule has 158 valence electrons. The van der Waals surface area contributed by atoms with Crippen molar-refractivity contribution in [1.82, 2.24) is 0 Å². The molecule has 8 nitrogen and oxygen atoms in total. The molecule has 0 spiro atoms. The number of anilines is 2. The number of hydrogen-bond donors (Lipinski definition) is 1. The zero-order valence-electron chi connectivity index (χ0n) is 17.4. The number of nitro benzene ring substituents is 1. The van der Waals surface area contributed by atoms with E-state index in [1.165, 1.54) is 23.1 Å². The summed E-state index contributed by atoms with van der Waals surface area (Å²) in [6, 6.07) is 11.5. The van der Waals surface area contributed by atoms with E-state index in [0.29, 0.717) is 11.4 Å². The van der Waals surface area contributed by atoms with E-state index in [-0.39, 0.29) is 41.6 Å². The molecule has 2 aromatic rings. The average molecular weight is 411 g/mol. The molecule has 1 N–H and O–H groups in total. The number of ether oxygens (including phenoxy) is 1. The highest BCUT2D eigenvalue weighted by Crippen LogP contribution is 2.38. The van der Waals surface area contributed by atoms with Crippen LogP contribution in [0.3, 0.4) is 0 Å². The van der Waals surface area contributed by atoms with Gasteiger partial charge in [0.25, 0.3) is 11.6 Å². The molecule has 1 aliphatic rings. The molecule has 0 fully saturated rings. The fourth-order valence-corrected chi connectivity index (χ4v) is 3.43. The lowest BCUT2D eigenvalue weighted by atomic mass is 10.0. The normalized spacial score (nSPS) is 15.7. The highest BCUT2D eigenvalue weighted by molar-refractivity contribution is 6.06. The average Bonchev–Trinajstić information content (AvgIpc) is 2.69. The van der Waals surface area contributed by atoms with E-state index < -0.39 is 11.0 Å². The Hall–Kier alpha value is -3.42. The van der Waals surface area contributed by atoms with E-state index in [4.69, 9.17) is 4.74 Å². The van der Waals surface area contributed by atoms with Crippen molar-refractivity contribution >= 4 is 28.9 Å². The SMILES string of the molecule is CC(C)c1ccccc1NC(=O)CN1C(=O)C(C(C)C)Oc2cc([N+](=O)[O-])ccc21. The van der Waals surface area contributed by atoms with Gasteiger partial charge in [0.2, 0.25) is 5.91 Å². The molecule has 0 aromatic heterocycles. The molecule has 8 heteroatoms. The zero-order chi connectivity index (χ0) is 22.0. The summed E-state index contributed by atoms with van der Waals surface area (Å²) in [4.78, 5) is 37.7. The van der Waals surface area contributed by atoms with Gasteiger partial charge in [0.1, 0.15) is 6.54 Å². The van der Waals surface area contributed by atoms with Crippen molar-refractivity contribution in [2.75, 3.05) is 16.8 Å². The minimum atomic E-state index is -0.824. The van der Waals surface area contributed by atoms with Crippen LogP contribution in [0.1, 0.15) is 39.2 Å². The predicted octanol–water partition coefficient (Wildman–Crippen LogP) is 4.11. The summed E-state index contributed by atoms with van der Waals surface area (Å²) in [6.45, 7) is 7.49. The van der Waals surface area contributed by atoms with Crippen LogP contribution in [0.2, 0.25) is 0 Å². The van der Waals surface area contributed by atoms with Gasteiger partial charge >= 0.3 is 0 Å². The fraction of sp³-hybridized carbons (Fsp3) is 0.364. The number of para-hydroxylation sites is 1. The van der Waals surface area contributed by atoms with E-state index in [1.807, 2.05) is 52.0 Å². The maximum atomic E-state index is 13.0. The first-order valence-electron chi connectivity index (χ1n) is 9.84. The third-order valence-electron chi connectivity index (χ3n) is 4.97. The van der Waals surface area contributed by atoms with E-state index in [0.717, 1.165) is 5.56 Å². The van der Waals surface area contributed by atoms with Crippen molar-refractivity contribution < 1.29 is 19.2 Å². The molecule has 2 amide bonds. The predicted molar refractivity (Wildman–Crippen MR) is 114 cm³/mol. The molecule has 2 aromatic carbocycles. The molecule has 0 saturated carbocycles. The summed E-state index contributed by atoms with van der Waals surface area (Å²) in [5.41, 5.74) is 1.90. The summed E-state index contributed by atoms with van der Waals surface area (Å²) < 4.78 is 5.75. The molecular weight excluding hydrogens is 386 g/mol. The van der Waals surface area contributed by atoms with E-state index in [9.17, 15) is 19.7 Å². The summed E-state index contributed by atoms with van der Waals surface area (Å²) in [6.07, 6.45) is -0.824. The van der Waals surface area contributed by atoms with Crippen LogP contribution >= 0.6 is 0 Å². The van der Waals surface area contributed by atoms with E-state index >= 15 is 0 Å². The topological polar surface area (TPSA) is 102 Å². The second kappa shape index (κ2) is 8.52. The van der Waals surface area contributed by atoms with Gasteiger partial charge in [0.15, 0.2) is 11.9 Å². The second-order valence-electron chi connectivity index (χ2n) is 7.91. The summed E-state index contributed by atoms with van der Waals surface area (Å²) in [5.74, 6) is -0.433. The van der Waals surface area contributed by atoms with Crippen LogP contribution in [0.15, 0.2) is 42.5 Å². The number of fused-ring (bicyclic) bond motifs is 1. The monoisotopic (exact) mass is 411 g/mol. The number of non-ortho nitro benzene ring substituents is 1. The lowest BCUT2D eigenvalue weighted by Gasteiger charge is -2.35. The molecule has 0 bridgehead atoms. The minimum Gasteiger partial charge on any atom is -0.478 e. The van der Waals surface area contributed by atoms with Crippen LogP contribution in [-0.4, -0.2) is 29.4 Å². The van der Waals surface area contributed by atoms with Gasteiger partial charge in [0, 0.05) is 11.8 Å². The number of carbonyl (C=O) groups excluding carboxylic acids is 2. The third kappa shape index (κ3) is 4.27. The Morgan fingerprint density at radius 1 is 1.20 bits per heavy atom. The van der Waals surface area contributed by atoms with Gasteiger partial charge in [-0.25, -0.2) is 0 Å². The molecule has 0 saturated heterocycles. The van der Waals surface area contributed by atoms with Gasteiger partial charge in [-0.05, 0) is 29.5 Å². The summed E-state index contributed by atoms with van der Waals surface area (Å²) >= 11 is 0. The Balaban J connectivity index is 1.90. The van der Waals surface area contributed by atoms with Gasteiger partial charge in [-0.2, -0.15) is 0 Å². The van der Waals surface area contributed by atoms with Gasteiger partial charge in [-0.3, -0.25) is 24.6 Å². The summed E-state index contributed by atoms with van der Waals surface area (Å²) in [7, 11) is 0. The van der Waals surface area contributed by atoms with Gasteiger partial charge in [-0.1, -0.05) is 45.9 Å². The van der Waals surface area contributed by atoms with Crippen molar-refractivity contribution in [2.24, 2.45) is 5.92 Å². The van der Waals surface area contributed by atoms with Gasteiger partial charge in [-0.15, -0.1) is 0 Å². The number of nitro groups is 1. The van der Waals surface area contributed by atoms with Crippen LogP contribution in [0.4, 0.5) is 17.1 Å². The summed E-state index contributed by atoms with van der Waals surface area (Å²) in [5, 5.41) is 14.0. The molecule has 3 rings (SSSR count). The highest BCUT2D eigenvalue weighted by Gasteiger charge is 2.38. The Labute approximate surface area is 175 Å². The standard InChI is InChI=1S/C22H25N3O5/c1-13(2)16-7-5-6-8-17(16)23-20(26)12-24-18-10-9-15(25(28)29)11-19(18)30-21(14(3)4)22(24)27/h5-11,13-14,21H,12H2,1-4H3,(H,23,26). The molecule has 1 aliphatic heterocycles. The zero-order valence-corrected chi connectivity index (χ0v) is 17.4. The van der Waals surface area contributed by atoms with Crippen LogP contribution in [0.25, 0.3) is 0 Å². The first kappa shape index (κ1) is 21.3. The Kier molecular flexibility index (Phi) is 6.05. The molecule has 1 heterocycles. The van der Waals surface area contributed by atoms with Crippen molar-refractivity contribution in [1.29, 1.82) is 0 Å². The number of nitrogens with one attached hydrogen (secondary N) is 1. The number of amides is 2. The molecule has 30 heavy (non-hydrogen) atoms. The first-order chi connectivity index (χ1) is 14.2. The van der Waals surface area contributed by atoms with E-state index in [2.05, 4.69) is 5.32 Å². The number of benzene rings is 2. The smallest absolute Gasteiger partial charge is 0.273 e. The van der Waals surface area contributed by atoms with Crippen molar-refractivity contribution in [3.8, 4) is 5.75 Å². The lowest BCUT2D eigenvalue weighted by molar-refractivity contribution is -0.384. The van der Waals surface area contributed by atoms with Crippen molar-refractivity contribution in [3.63, 3.8) is 0 Å². The number of hydrogen-bond acceptors (Lipinski definition) is 5. The van der Waals surface area contributed by atoms with Gasteiger partial charge in [0.05, 0.1) is 16.7 Å². The molecular formula is C22H25N3O5. The number of carbonyl (C=O) groups is 2. The van der Waals surface area contributed by atoms with Crippen LogP contribution in [0, 0.1) is 16.0 Å². The third-order valence-corrected chi connectivity index (χ3v) is 4.97. The maximum Gasteiger partial charge on any atom is 0.273 e. The van der Waals surface area contributed by atoms with Crippen LogP contribution in [0.5, 0.6) is 5.75 Å². The van der Waals surface area contributed by atoms with Crippen LogP contribution in [-0.2, 0) is 9.59 Å². The Bertz CT molecular complexity index is 986. The number of rotatable bonds is 6. The minimum absolute atomic E-state index is 0.138. The van der Waals surface area contributed by atoms with Crippen molar-refractivity contribution in [2.45, 2.75) is 39.7 Å². The molecule has 1 atom stereocenters. The largest absolute Gasteiger partial charge is 0.478 e. The van der Waals surface area contributed by atoms with Crippen LogP contribution < -0.4 is 15.0 Å². The van der Waals surface area contributed by atoms with Crippen molar-refractivity contribution in [3.05, 3.63) is 58.1 Å². The second-order valence-corrected chi connectivity index (χ2v) is 7.91. The fourth-order valence-electron chi connectivity index (χ4n) is 3.43. The number of nitrogens with zero attached hydrogens (tertiary/aromatic N) is 2. The Morgan fingerprint density at radius 3 is 2.53 bits per heavy atom. The van der Waals surface area contributed by atoms with E-state index in [1.54, 1.807) is 0 Å². The molecule has 0 radical (unpaired) electrons. The first-order valence-corrected chi connectivity index (χ1v) is 9.84.